The van der Waals surface area contributed by atoms with E-state index in [0.29, 0.717) is 0 Å². The van der Waals surface area contributed by atoms with Crippen LogP contribution in [0.3, 0.4) is 0 Å². The first-order chi connectivity index (χ1) is 7.11. The van der Waals surface area contributed by atoms with Crippen LogP contribution in [0.4, 0.5) is 0 Å². The molecule has 0 aromatic heterocycles. The zero-order valence-corrected chi connectivity index (χ0v) is 12.3. The van der Waals surface area contributed by atoms with Gasteiger partial charge in [0.15, 0.2) is 0 Å². The normalized spacial score (nSPS) is 24.8. The molecule has 0 aromatic rings. The van der Waals surface area contributed by atoms with E-state index in [4.69, 9.17) is 0 Å². The second kappa shape index (κ2) is 12.1. The van der Waals surface area contributed by atoms with Gasteiger partial charge in [-0.15, -0.1) is 0 Å². The Morgan fingerprint density at radius 2 is 1.53 bits per heavy atom. The van der Waals surface area contributed by atoms with Gasteiger partial charge in [0.2, 0.25) is 0 Å². The lowest BCUT2D eigenvalue weighted by molar-refractivity contribution is 0.226. The summed E-state index contributed by atoms with van der Waals surface area (Å²) >= 11 is 0. The Kier molecular flexibility index (Phi) is 14.0. The van der Waals surface area contributed by atoms with Gasteiger partial charge in [-0.1, -0.05) is 74.1 Å². The van der Waals surface area contributed by atoms with Crippen molar-refractivity contribution in [2.75, 3.05) is 0 Å². The van der Waals surface area contributed by atoms with E-state index in [1.54, 1.807) is 0 Å². The van der Waals surface area contributed by atoms with Gasteiger partial charge in [0.1, 0.15) is 0 Å². The van der Waals surface area contributed by atoms with Crippen LogP contribution in [0.5, 0.6) is 0 Å². The van der Waals surface area contributed by atoms with E-state index in [0.717, 1.165) is 17.8 Å². The van der Waals surface area contributed by atoms with Gasteiger partial charge in [-0.2, -0.15) is 0 Å². The average Bonchev–Trinajstić information content (AvgIpc) is 2.22. The molecule has 0 amide bonds. The summed E-state index contributed by atoms with van der Waals surface area (Å²) in [5.41, 5.74) is 0. The summed E-state index contributed by atoms with van der Waals surface area (Å²) in [5, 5.41) is 0. The fourth-order valence-corrected chi connectivity index (χ4v) is 2.09. The average molecular weight is 214 g/mol. The molecule has 0 bridgehead atoms. The molecule has 0 spiro atoms. The predicted octanol–water partition coefficient (Wildman–Crippen LogP) is 5.91. The molecule has 0 radical (unpaired) electrons. The van der Waals surface area contributed by atoms with Gasteiger partial charge in [-0.25, -0.2) is 0 Å². The molecule has 0 heteroatoms. The lowest BCUT2D eigenvalue weighted by Gasteiger charge is -2.29. The second-order valence-corrected chi connectivity index (χ2v) is 4.98. The van der Waals surface area contributed by atoms with E-state index in [1.165, 1.54) is 32.1 Å². The second-order valence-electron chi connectivity index (χ2n) is 4.98. The molecule has 0 heterocycles. The van der Waals surface area contributed by atoms with E-state index >= 15 is 0 Å². The van der Waals surface area contributed by atoms with Crippen LogP contribution in [0.1, 0.15) is 80.6 Å². The molecule has 15 heavy (non-hydrogen) atoms. The highest BCUT2D eigenvalue weighted by molar-refractivity contribution is 4.72. The Morgan fingerprint density at radius 1 is 1.07 bits per heavy atom. The van der Waals surface area contributed by atoms with Gasteiger partial charge < -0.3 is 0 Å². The monoisotopic (exact) mass is 214 g/mol. The SMILES string of the molecule is CC.CC1CCCC(C(C)C)C1.CCC. The van der Waals surface area contributed by atoms with E-state index in [9.17, 15) is 0 Å². The highest BCUT2D eigenvalue weighted by Crippen LogP contribution is 2.32. The van der Waals surface area contributed by atoms with E-state index in [1.807, 2.05) is 13.8 Å². The minimum Gasteiger partial charge on any atom is -0.0683 e. The maximum atomic E-state index is 2.40. The van der Waals surface area contributed by atoms with Crippen LogP contribution >= 0.6 is 0 Å². The molecule has 1 aliphatic carbocycles. The van der Waals surface area contributed by atoms with Crippen molar-refractivity contribution in [2.24, 2.45) is 17.8 Å². The largest absolute Gasteiger partial charge is 0.0683 e. The van der Waals surface area contributed by atoms with Crippen molar-refractivity contribution >= 4 is 0 Å². The maximum Gasteiger partial charge on any atom is -0.0389 e. The molecule has 2 unspecified atom stereocenters. The Hall–Kier alpha value is 0. The van der Waals surface area contributed by atoms with Crippen LogP contribution in [0.15, 0.2) is 0 Å². The Balaban J connectivity index is 0. The highest BCUT2D eigenvalue weighted by atomic mass is 14.3. The van der Waals surface area contributed by atoms with E-state index < -0.39 is 0 Å². The predicted molar refractivity (Wildman–Crippen MR) is 73.3 cm³/mol. The molecule has 0 saturated heterocycles. The minimum absolute atomic E-state index is 0.919. The Labute approximate surface area is 98.9 Å². The first-order valence-electron chi connectivity index (χ1n) is 7.11. The number of rotatable bonds is 1. The van der Waals surface area contributed by atoms with Crippen LogP contribution in [0.2, 0.25) is 0 Å². The third-order valence-electron chi connectivity index (χ3n) is 2.92. The third-order valence-corrected chi connectivity index (χ3v) is 2.92. The van der Waals surface area contributed by atoms with Crippen molar-refractivity contribution in [1.82, 2.24) is 0 Å². The van der Waals surface area contributed by atoms with Gasteiger partial charge in [0.25, 0.3) is 0 Å². The first-order valence-corrected chi connectivity index (χ1v) is 7.11. The summed E-state index contributed by atoms with van der Waals surface area (Å²) in [6.07, 6.45) is 7.17. The van der Waals surface area contributed by atoms with Gasteiger partial charge >= 0.3 is 0 Å². The molecule has 1 saturated carbocycles. The molecule has 1 aliphatic rings. The molecule has 0 nitrogen and oxygen atoms in total. The zero-order valence-electron chi connectivity index (χ0n) is 12.3. The van der Waals surface area contributed by atoms with E-state index in [2.05, 4.69) is 34.6 Å². The van der Waals surface area contributed by atoms with Gasteiger partial charge in [-0.3, -0.25) is 0 Å². The molecule has 2 atom stereocenters. The van der Waals surface area contributed by atoms with Crippen molar-refractivity contribution in [2.45, 2.75) is 80.6 Å². The summed E-state index contributed by atoms with van der Waals surface area (Å²) in [6.45, 7) is 15.4. The standard InChI is InChI=1S/C10H20.C3H8.C2H6/c1-8(2)10-6-4-5-9(3)7-10;1-3-2;1-2/h8-10H,4-7H2,1-3H3;3H2,1-2H3;1-2H3. The van der Waals surface area contributed by atoms with Gasteiger partial charge in [-0.05, 0) is 24.2 Å². The fraction of sp³-hybridized carbons (Fsp3) is 1.00. The summed E-state index contributed by atoms with van der Waals surface area (Å²) in [7, 11) is 0. The molecular formula is C15H34. The van der Waals surface area contributed by atoms with Crippen molar-refractivity contribution in [1.29, 1.82) is 0 Å². The molecule has 0 aliphatic heterocycles. The van der Waals surface area contributed by atoms with Crippen LogP contribution in [-0.2, 0) is 0 Å². The molecule has 94 valence electrons. The van der Waals surface area contributed by atoms with Crippen LogP contribution in [0, 0.1) is 17.8 Å². The number of hydrogen-bond donors (Lipinski definition) is 0. The lowest BCUT2D eigenvalue weighted by Crippen LogP contribution is -2.17. The zero-order chi connectivity index (χ0) is 12.3. The maximum absolute atomic E-state index is 2.40. The third kappa shape index (κ3) is 10.3. The number of hydrogen-bond acceptors (Lipinski definition) is 0. The van der Waals surface area contributed by atoms with Crippen LogP contribution in [0.25, 0.3) is 0 Å². The summed E-state index contributed by atoms with van der Waals surface area (Å²) in [4.78, 5) is 0. The van der Waals surface area contributed by atoms with E-state index in [-0.39, 0.29) is 0 Å². The Bertz CT molecular complexity index is 105. The van der Waals surface area contributed by atoms with Gasteiger partial charge in [0.05, 0.1) is 0 Å². The molecule has 1 fully saturated rings. The molecule has 0 N–H and O–H groups in total. The highest BCUT2D eigenvalue weighted by Gasteiger charge is 2.20. The van der Waals surface area contributed by atoms with Crippen LogP contribution in [-0.4, -0.2) is 0 Å². The molecule has 0 aromatic carbocycles. The summed E-state index contributed by atoms with van der Waals surface area (Å²) in [6, 6.07) is 0. The Morgan fingerprint density at radius 3 is 1.80 bits per heavy atom. The quantitative estimate of drug-likeness (QED) is 0.509. The fourth-order valence-electron chi connectivity index (χ4n) is 2.09. The van der Waals surface area contributed by atoms with Crippen molar-refractivity contribution in [3.63, 3.8) is 0 Å². The topological polar surface area (TPSA) is 0 Å². The van der Waals surface area contributed by atoms with Crippen molar-refractivity contribution in [3.05, 3.63) is 0 Å². The smallest absolute Gasteiger partial charge is 0.0389 e. The van der Waals surface area contributed by atoms with Crippen molar-refractivity contribution < 1.29 is 0 Å². The minimum atomic E-state index is 0.919. The summed E-state index contributed by atoms with van der Waals surface area (Å²) in [5.74, 6) is 2.95. The van der Waals surface area contributed by atoms with Crippen molar-refractivity contribution in [3.8, 4) is 0 Å². The van der Waals surface area contributed by atoms with Crippen LogP contribution < -0.4 is 0 Å². The first kappa shape index (κ1) is 17.4. The molecule has 1 rings (SSSR count). The molecular weight excluding hydrogens is 180 g/mol. The lowest BCUT2D eigenvalue weighted by atomic mass is 9.77. The van der Waals surface area contributed by atoms with Gasteiger partial charge in [0, 0.05) is 0 Å². The summed E-state index contributed by atoms with van der Waals surface area (Å²) < 4.78 is 0.